The first-order chi connectivity index (χ1) is 24.5. The summed E-state index contributed by atoms with van der Waals surface area (Å²) in [6.45, 7) is 0.834. The number of quaternary nitrogens is 1. The zero-order valence-corrected chi connectivity index (χ0v) is 29.3. The van der Waals surface area contributed by atoms with Crippen LogP contribution in [-0.4, -0.2) is 43.6 Å². The number of unbranched alkanes of at least 4 members (excludes halogenated alkanes) is 1. The number of allylic oxidation sites excluding steroid dienone is 4. The molecule has 10 nitrogen and oxygen atoms in total. The molecule has 1 fully saturated rings. The van der Waals surface area contributed by atoms with E-state index in [1.165, 1.54) is 0 Å². The third-order valence-electron chi connectivity index (χ3n) is 9.45. The van der Waals surface area contributed by atoms with Crippen molar-refractivity contribution >= 4 is 43.1 Å². The summed E-state index contributed by atoms with van der Waals surface area (Å²) in [6, 6.07) is 31.2. The molecular weight excluding hydrogens is 701 g/mol. The highest BCUT2D eigenvalue weighted by Crippen LogP contribution is 2.52. The first-order valence-corrected chi connectivity index (χ1v) is 19.8. The van der Waals surface area contributed by atoms with Crippen molar-refractivity contribution in [3.63, 3.8) is 0 Å². The Morgan fingerprint density at radius 3 is 2.13 bits per heavy atom. The summed E-state index contributed by atoms with van der Waals surface area (Å²) in [6.07, 6.45) is 10.2. The van der Waals surface area contributed by atoms with Crippen molar-refractivity contribution in [3.8, 4) is 28.0 Å². The average molecular weight is 741 g/mol. The predicted molar refractivity (Wildman–Crippen MR) is 201 cm³/mol. The molecule has 0 amide bonds. The summed E-state index contributed by atoms with van der Waals surface area (Å²) in [5.74, 6) is 0.969. The van der Waals surface area contributed by atoms with Crippen molar-refractivity contribution in [1.82, 2.24) is 4.48 Å². The van der Waals surface area contributed by atoms with E-state index in [0.717, 1.165) is 27.8 Å². The number of hydrogen-bond acceptors (Lipinski definition) is 8. The minimum absolute atomic E-state index is 0. The van der Waals surface area contributed by atoms with Gasteiger partial charge in [-0.15, -0.1) is 0 Å². The molecule has 7 rings (SSSR count). The lowest BCUT2D eigenvalue weighted by molar-refractivity contribution is -0.678. The van der Waals surface area contributed by atoms with Crippen molar-refractivity contribution in [3.05, 3.63) is 133 Å². The van der Waals surface area contributed by atoms with E-state index in [0.29, 0.717) is 54.7 Å². The van der Waals surface area contributed by atoms with Crippen LogP contribution < -0.4 is 13.8 Å². The van der Waals surface area contributed by atoms with Gasteiger partial charge in [0.2, 0.25) is 5.58 Å². The van der Waals surface area contributed by atoms with Crippen LogP contribution in [0.3, 0.4) is 0 Å². The van der Waals surface area contributed by atoms with Crippen LogP contribution >= 0.6 is 0 Å². The molecule has 1 aromatic heterocycles. The molecule has 1 saturated heterocycles. The van der Waals surface area contributed by atoms with E-state index >= 15 is 0 Å². The molecule has 0 saturated carbocycles. The highest BCUT2D eigenvalue weighted by Gasteiger charge is 2.57. The van der Waals surface area contributed by atoms with Crippen molar-refractivity contribution < 1.29 is 39.7 Å². The van der Waals surface area contributed by atoms with E-state index in [-0.39, 0.29) is 24.8 Å². The molecule has 1 spiro atoms. The lowest BCUT2D eigenvalue weighted by Gasteiger charge is -2.35. The van der Waals surface area contributed by atoms with Gasteiger partial charge in [-0.2, -0.15) is 4.57 Å². The summed E-state index contributed by atoms with van der Waals surface area (Å²) in [7, 11) is -8.99. The molecule has 2 unspecified atom stereocenters. The molecule has 12 heteroatoms. The summed E-state index contributed by atoms with van der Waals surface area (Å²) >= 11 is 0. The van der Waals surface area contributed by atoms with Crippen molar-refractivity contribution in [1.29, 1.82) is 0 Å². The Hall–Kier alpha value is -4.85. The maximum atomic E-state index is 12.6. The van der Waals surface area contributed by atoms with Crippen molar-refractivity contribution in [2.45, 2.75) is 45.0 Å². The summed E-state index contributed by atoms with van der Waals surface area (Å²) in [5.41, 5.74) is 6.02. The normalized spacial score (nSPS) is 19.5. The molecule has 0 bridgehead atoms. The van der Waals surface area contributed by atoms with Gasteiger partial charge in [0.15, 0.2) is 33.5 Å². The van der Waals surface area contributed by atoms with Gasteiger partial charge in [-0.1, -0.05) is 98.5 Å². The van der Waals surface area contributed by atoms with Gasteiger partial charge in [0.25, 0.3) is 5.52 Å². The fourth-order valence-electron chi connectivity index (χ4n) is 7.13. The van der Waals surface area contributed by atoms with Gasteiger partial charge < -0.3 is 18.3 Å². The predicted octanol–water partition coefficient (Wildman–Crippen LogP) is 7.49. The van der Waals surface area contributed by atoms with Gasteiger partial charge in [0.1, 0.15) is 0 Å². The fourth-order valence-corrected chi connectivity index (χ4v) is 8.91. The van der Waals surface area contributed by atoms with Crippen molar-refractivity contribution in [2.75, 3.05) is 12.3 Å². The lowest BCUT2D eigenvalue weighted by atomic mass is 10.0. The Balaban J connectivity index is 0.00000464. The van der Waals surface area contributed by atoms with Crippen LogP contribution in [0.1, 0.15) is 39.0 Å². The number of hydrogen-bond donors (Lipinski definition) is 0. The van der Waals surface area contributed by atoms with E-state index in [4.69, 9.17) is 9.15 Å². The summed E-state index contributed by atoms with van der Waals surface area (Å²) in [5, 5.41) is -1.22. The third-order valence-corrected chi connectivity index (χ3v) is 11.5. The van der Waals surface area contributed by atoms with Crippen LogP contribution in [0.2, 0.25) is 0 Å². The zero-order valence-electron chi connectivity index (χ0n) is 27.6. The van der Waals surface area contributed by atoms with Crippen LogP contribution in [0, 0.1) is 0 Å². The van der Waals surface area contributed by atoms with Crippen LogP contribution in [0.25, 0.3) is 39.4 Å². The fraction of sp³-hybridized carbons (Fsp3) is 0.225. The molecule has 2 aliphatic rings. The van der Waals surface area contributed by atoms with E-state index in [2.05, 4.69) is 0 Å². The molecule has 2 aliphatic heterocycles. The number of aromatic nitrogens is 1. The number of ether oxygens (including phenoxy) is 1. The maximum Gasteiger partial charge on any atom is 0.374 e. The summed E-state index contributed by atoms with van der Waals surface area (Å²) in [4.78, 5) is 0. The second-order valence-corrected chi connectivity index (χ2v) is 15.7. The van der Waals surface area contributed by atoms with Crippen LogP contribution in [-0.2, 0) is 26.8 Å². The average Bonchev–Trinajstić information content (AvgIpc) is 3.81. The van der Waals surface area contributed by atoms with Crippen LogP contribution in [0.15, 0.2) is 132 Å². The van der Waals surface area contributed by atoms with Gasteiger partial charge in [0, 0.05) is 43.2 Å². The highest BCUT2D eigenvalue weighted by atomic mass is 32.2. The standard InChI is InChI=1S/C39H36N2O8S2.CH4/c42-50(43,44)26-11-10-24-40-33-27-31(29-13-4-1-5-14-29)20-22-35(33)48-37(40)17-8-3-9-18-38-41(25-12-19-39(41)51(45,46)47)34-28-32(21-23-36(34)49-38)30-15-6-2-7-16-30;/h1-9,13-18,20-23,27-28,39H,10-12,19,24-26H2;1H4. The Kier molecular flexibility index (Phi) is 10.7. The second-order valence-electron chi connectivity index (χ2n) is 12.7. The lowest BCUT2D eigenvalue weighted by Crippen LogP contribution is -2.54. The molecule has 0 aliphatic carbocycles. The molecule has 52 heavy (non-hydrogen) atoms. The van der Waals surface area contributed by atoms with Gasteiger partial charge in [-0.25, -0.2) is 21.3 Å². The number of rotatable bonds is 11. The van der Waals surface area contributed by atoms with E-state index < -0.39 is 31.4 Å². The molecule has 5 aromatic rings. The number of fused-ring (bicyclic) bond motifs is 3. The molecule has 0 radical (unpaired) electrons. The van der Waals surface area contributed by atoms with Crippen molar-refractivity contribution in [2.24, 2.45) is 0 Å². The summed E-state index contributed by atoms with van der Waals surface area (Å²) < 4.78 is 85.8. The number of nitrogens with zero attached hydrogens (tertiary/aromatic N) is 2. The number of benzene rings is 4. The SMILES string of the molecule is C.O=S(=O)([O-])CCCC[n+]1c(C=CC=CC=C2Oc3ccc(-c4ccccc4)cc3[N+]23CCCC3S(=O)(=O)[O-])oc2ccc(-c3ccccc3)cc21. The molecule has 2 atom stereocenters. The second kappa shape index (κ2) is 15.0. The molecular formula is C40H40N2O8S2. The Labute approximate surface area is 304 Å². The van der Waals surface area contributed by atoms with Gasteiger partial charge in [-0.05, 0) is 40.8 Å². The highest BCUT2D eigenvalue weighted by molar-refractivity contribution is 7.86. The number of aryl methyl sites for hydroxylation is 1. The monoisotopic (exact) mass is 740 g/mol. The van der Waals surface area contributed by atoms with Crippen LogP contribution in [0.5, 0.6) is 5.75 Å². The quantitative estimate of drug-likeness (QED) is 0.0446. The maximum absolute atomic E-state index is 12.6. The third kappa shape index (κ3) is 7.52. The van der Waals surface area contributed by atoms with E-state index in [1.807, 2.05) is 102 Å². The largest absolute Gasteiger partial charge is 0.748 e. The van der Waals surface area contributed by atoms with Crippen LogP contribution in [0.4, 0.5) is 5.69 Å². The van der Waals surface area contributed by atoms with Gasteiger partial charge in [0.05, 0.1) is 22.7 Å². The van der Waals surface area contributed by atoms with Gasteiger partial charge >= 0.3 is 11.8 Å². The Morgan fingerprint density at radius 1 is 0.788 bits per heavy atom. The molecule has 270 valence electrons. The number of oxazole rings is 1. The smallest absolute Gasteiger partial charge is 0.374 e. The van der Waals surface area contributed by atoms with E-state index in [1.54, 1.807) is 30.4 Å². The minimum Gasteiger partial charge on any atom is -0.748 e. The topological polar surface area (TPSA) is 141 Å². The van der Waals surface area contributed by atoms with E-state index in [9.17, 15) is 25.9 Å². The first kappa shape index (κ1) is 36.9. The molecule has 4 aromatic carbocycles. The zero-order chi connectivity index (χ0) is 35.6. The minimum atomic E-state index is -4.68. The first-order valence-electron chi connectivity index (χ1n) is 16.7. The molecule has 3 heterocycles. The molecule has 0 N–H and O–H groups in total. The Morgan fingerprint density at radius 2 is 1.46 bits per heavy atom. The van der Waals surface area contributed by atoms with Gasteiger partial charge in [-0.3, -0.25) is 0 Å². The Bertz CT molecular complexity index is 2390.